The standard InChI is InChI=1S/C23H26F3N7OS/c1-12(2)33-11-22(4,5)15-8-16(27-10-18(15)33)19-29-21(35-31-19)30-20-17(32(6)13(3)34)7-14(9-28-20)23(24,25)26/h7-10,12H,11H2,1-6H3,(H,28,29,30,31). The Bertz CT molecular complexity index is 1270. The van der Waals surface area contributed by atoms with Crippen molar-refractivity contribution in [1.82, 2.24) is 19.3 Å². The van der Waals surface area contributed by atoms with Crippen LogP contribution in [-0.4, -0.2) is 44.9 Å². The highest BCUT2D eigenvalue weighted by atomic mass is 32.1. The van der Waals surface area contributed by atoms with Crippen LogP contribution in [0.4, 0.5) is 35.5 Å². The maximum absolute atomic E-state index is 13.2. The molecular formula is C23H26F3N7OS. The molecule has 0 spiro atoms. The van der Waals surface area contributed by atoms with Crippen LogP contribution in [-0.2, 0) is 16.4 Å². The summed E-state index contributed by atoms with van der Waals surface area (Å²) < 4.78 is 44.0. The van der Waals surface area contributed by atoms with Gasteiger partial charge in [-0.3, -0.25) is 9.78 Å². The number of anilines is 4. The van der Waals surface area contributed by atoms with Gasteiger partial charge in [0.2, 0.25) is 11.0 Å². The minimum atomic E-state index is -4.59. The van der Waals surface area contributed by atoms with E-state index in [2.05, 4.69) is 57.2 Å². The number of carbonyl (C=O) groups is 1. The molecule has 4 rings (SSSR count). The minimum absolute atomic E-state index is 0.0183. The molecule has 8 nitrogen and oxygen atoms in total. The SMILES string of the molecule is CC(=O)N(C)c1cc(C(F)(F)F)cnc1Nc1nc(-c2cc3c(cn2)N(C(C)C)CC3(C)C)ns1. The van der Waals surface area contributed by atoms with E-state index in [0.29, 0.717) is 28.9 Å². The summed E-state index contributed by atoms with van der Waals surface area (Å²) >= 11 is 1.03. The molecule has 1 amide bonds. The van der Waals surface area contributed by atoms with Gasteiger partial charge in [-0.05, 0) is 31.5 Å². The van der Waals surface area contributed by atoms with E-state index in [0.717, 1.165) is 40.3 Å². The maximum atomic E-state index is 13.2. The van der Waals surface area contributed by atoms with Crippen molar-refractivity contribution >= 4 is 39.8 Å². The van der Waals surface area contributed by atoms with Gasteiger partial charge in [-0.25, -0.2) is 4.98 Å². The lowest BCUT2D eigenvalue weighted by Crippen LogP contribution is -2.33. The Labute approximate surface area is 205 Å². The van der Waals surface area contributed by atoms with Gasteiger partial charge >= 0.3 is 6.18 Å². The highest BCUT2D eigenvalue weighted by Crippen LogP contribution is 2.42. The molecule has 1 aliphatic heterocycles. The number of halogens is 3. The Hall–Kier alpha value is -3.28. The second-order valence-corrected chi connectivity index (χ2v) is 10.2. The van der Waals surface area contributed by atoms with Crippen molar-refractivity contribution in [3.8, 4) is 11.5 Å². The van der Waals surface area contributed by atoms with Crippen LogP contribution in [0, 0.1) is 0 Å². The van der Waals surface area contributed by atoms with Crippen LogP contribution < -0.4 is 15.1 Å². The van der Waals surface area contributed by atoms with Crippen LogP contribution in [0.2, 0.25) is 0 Å². The van der Waals surface area contributed by atoms with Crippen LogP contribution in [0.25, 0.3) is 11.5 Å². The third kappa shape index (κ3) is 4.79. The highest BCUT2D eigenvalue weighted by molar-refractivity contribution is 7.09. The molecule has 1 aliphatic rings. The Balaban J connectivity index is 1.65. The zero-order chi connectivity index (χ0) is 25.7. The molecule has 0 saturated carbocycles. The molecule has 35 heavy (non-hydrogen) atoms. The number of carbonyl (C=O) groups excluding carboxylic acids is 1. The van der Waals surface area contributed by atoms with Crippen molar-refractivity contribution in [2.24, 2.45) is 0 Å². The van der Waals surface area contributed by atoms with E-state index in [1.807, 2.05) is 12.3 Å². The first-order valence-corrected chi connectivity index (χ1v) is 11.7. The maximum Gasteiger partial charge on any atom is 0.417 e. The van der Waals surface area contributed by atoms with Gasteiger partial charge < -0.3 is 15.1 Å². The van der Waals surface area contributed by atoms with E-state index in [1.165, 1.54) is 14.0 Å². The van der Waals surface area contributed by atoms with Crippen molar-refractivity contribution in [3.63, 3.8) is 0 Å². The molecule has 0 fully saturated rings. The Morgan fingerprint density at radius 2 is 1.94 bits per heavy atom. The summed E-state index contributed by atoms with van der Waals surface area (Å²) in [6.07, 6.45) is -2.04. The predicted molar refractivity (Wildman–Crippen MR) is 130 cm³/mol. The Morgan fingerprint density at radius 3 is 2.57 bits per heavy atom. The van der Waals surface area contributed by atoms with Gasteiger partial charge in [0.05, 0.1) is 23.1 Å². The number of rotatable bonds is 5. The van der Waals surface area contributed by atoms with Crippen LogP contribution >= 0.6 is 11.5 Å². The van der Waals surface area contributed by atoms with E-state index in [4.69, 9.17) is 0 Å². The summed E-state index contributed by atoms with van der Waals surface area (Å²) in [5.74, 6) is 0.0222. The van der Waals surface area contributed by atoms with Crippen LogP contribution in [0.1, 0.15) is 45.7 Å². The summed E-state index contributed by atoms with van der Waals surface area (Å²) in [5.41, 5.74) is 1.82. The van der Waals surface area contributed by atoms with E-state index in [-0.39, 0.29) is 16.9 Å². The summed E-state index contributed by atoms with van der Waals surface area (Å²) in [6.45, 7) is 10.8. The van der Waals surface area contributed by atoms with Crippen molar-refractivity contribution in [2.75, 3.05) is 28.7 Å². The van der Waals surface area contributed by atoms with Crippen LogP contribution in [0.15, 0.2) is 24.5 Å². The molecule has 0 aromatic carbocycles. The zero-order valence-corrected chi connectivity index (χ0v) is 21.0. The van der Waals surface area contributed by atoms with Gasteiger partial charge in [-0.15, -0.1) is 0 Å². The molecule has 0 radical (unpaired) electrons. The molecule has 3 aromatic heterocycles. The third-order valence-corrected chi connectivity index (χ3v) is 6.65. The molecule has 186 valence electrons. The minimum Gasteiger partial charge on any atom is -0.367 e. The second kappa shape index (κ2) is 8.74. The van der Waals surface area contributed by atoms with Gasteiger partial charge in [-0.1, -0.05) is 13.8 Å². The smallest absolute Gasteiger partial charge is 0.367 e. The Kier molecular flexibility index (Phi) is 6.20. The fraction of sp³-hybridized carbons (Fsp3) is 0.435. The highest BCUT2D eigenvalue weighted by Gasteiger charge is 2.37. The summed E-state index contributed by atoms with van der Waals surface area (Å²) in [6, 6.07) is 3.22. The quantitative estimate of drug-likeness (QED) is 0.507. The van der Waals surface area contributed by atoms with Gasteiger partial charge in [0, 0.05) is 49.7 Å². The lowest BCUT2D eigenvalue weighted by Gasteiger charge is -2.25. The van der Waals surface area contributed by atoms with Crippen molar-refractivity contribution in [2.45, 2.75) is 52.3 Å². The molecule has 0 aliphatic carbocycles. The Morgan fingerprint density at radius 1 is 1.23 bits per heavy atom. The van der Waals surface area contributed by atoms with Gasteiger partial charge in [-0.2, -0.15) is 22.5 Å². The lowest BCUT2D eigenvalue weighted by atomic mass is 9.87. The molecule has 0 bridgehead atoms. The number of fused-ring (bicyclic) bond motifs is 1. The van der Waals surface area contributed by atoms with Gasteiger partial charge in [0.25, 0.3) is 0 Å². The van der Waals surface area contributed by atoms with Gasteiger partial charge in [0.15, 0.2) is 11.6 Å². The number of nitrogens with zero attached hydrogens (tertiary/aromatic N) is 6. The summed E-state index contributed by atoms with van der Waals surface area (Å²) in [4.78, 5) is 28.2. The lowest BCUT2D eigenvalue weighted by molar-refractivity contribution is -0.137. The van der Waals surface area contributed by atoms with Crippen molar-refractivity contribution in [1.29, 1.82) is 0 Å². The van der Waals surface area contributed by atoms with Crippen LogP contribution in [0.5, 0.6) is 0 Å². The molecule has 4 heterocycles. The van der Waals surface area contributed by atoms with E-state index in [9.17, 15) is 18.0 Å². The second-order valence-electron chi connectivity index (χ2n) is 9.41. The number of aromatic nitrogens is 4. The fourth-order valence-corrected chi connectivity index (χ4v) is 4.58. The topological polar surface area (TPSA) is 87.1 Å². The van der Waals surface area contributed by atoms with Gasteiger partial charge in [0.1, 0.15) is 5.69 Å². The molecule has 12 heteroatoms. The normalized spacial score (nSPS) is 14.9. The summed E-state index contributed by atoms with van der Waals surface area (Å²) in [5, 5.41) is 3.22. The average molecular weight is 506 g/mol. The zero-order valence-electron chi connectivity index (χ0n) is 20.2. The molecule has 0 atom stereocenters. The monoisotopic (exact) mass is 505 g/mol. The first-order valence-electron chi connectivity index (χ1n) is 11.0. The molecule has 0 saturated heterocycles. The molecule has 1 N–H and O–H groups in total. The van der Waals surface area contributed by atoms with Crippen LogP contribution in [0.3, 0.4) is 0 Å². The first kappa shape index (κ1) is 24.8. The number of alkyl halides is 3. The number of hydrogen-bond acceptors (Lipinski definition) is 8. The van der Waals surface area contributed by atoms with E-state index in [1.54, 1.807) is 0 Å². The number of amides is 1. The van der Waals surface area contributed by atoms with Crippen molar-refractivity contribution in [3.05, 3.63) is 35.7 Å². The average Bonchev–Trinajstić information content (AvgIpc) is 3.34. The third-order valence-electron chi connectivity index (χ3n) is 6.02. The molecule has 3 aromatic rings. The number of nitrogens with one attached hydrogen (secondary N) is 1. The fourth-order valence-electron chi connectivity index (χ4n) is 4.01. The first-order chi connectivity index (χ1) is 16.3. The number of pyridine rings is 2. The number of hydrogen-bond donors (Lipinski definition) is 1. The molecular weight excluding hydrogens is 479 g/mol. The summed E-state index contributed by atoms with van der Waals surface area (Å²) in [7, 11) is 1.38. The predicted octanol–water partition coefficient (Wildman–Crippen LogP) is 5.25. The van der Waals surface area contributed by atoms with E-state index < -0.39 is 17.6 Å². The molecule has 0 unspecified atom stereocenters. The van der Waals surface area contributed by atoms with E-state index >= 15 is 0 Å². The largest absolute Gasteiger partial charge is 0.417 e. The van der Waals surface area contributed by atoms with Crippen molar-refractivity contribution < 1.29 is 18.0 Å².